The van der Waals surface area contributed by atoms with Crippen LogP contribution in [0.5, 0.6) is 5.75 Å². The Kier molecular flexibility index (Phi) is 3.66. The molecule has 0 aliphatic carbocycles. The number of carbonyl (C=O) groups is 1. The van der Waals surface area contributed by atoms with E-state index in [0.717, 1.165) is 0 Å². The lowest BCUT2D eigenvalue weighted by atomic mass is 10.0. The summed E-state index contributed by atoms with van der Waals surface area (Å²) in [5.41, 5.74) is 0.667. The zero-order valence-corrected chi connectivity index (χ0v) is 8.91. The normalized spacial score (nSPS) is 12.0. The number of ether oxygens (including phenoxy) is 2. The third-order valence-corrected chi connectivity index (χ3v) is 2.23. The van der Waals surface area contributed by atoms with Crippen LogP contribution in [0.25, 0.3) is 0 Å². The van der Waals surface area contributed by atoms with Gasteiger partial charge in [-0.25, -0.2) is 4.39 Å². The van der Waals surface area contributed by atoms with Crippen molar-refractivity contribution in [3.63, 3.8) is 0 Å². The molecule has 0 heterocycles. The molecule has 0 bridgehead atoms. The van der Waals surface area contributed by atoms with E-state index in [1.54, 1.807) is 13.0 Å². The Labute approximate surface area is 87.8 Å². The maximum absolute atomic E-state index is 13.1. The van der Waals surface area contributed by atoms with Gasteiger partial charge in [-0.15, -0.1) is 0 Å². The number of methoxy groups -OCH3 is 2. The first-order valence-corrected chi connectivity index (χ1v) is 4.51. The standard InChI is InChI=1S/C11H13FO3/c1-7(11(13)15-3)8-4-5-9(12)10(6-8)14-2/h4-7H,1-3H3. The first-order chi connectivity index (χ1) is 7.10. The van der Waals surface area contributed by atoms with Crippen molar-refractivity contribution < 1.29 is 18.7 Å². The highest BCUT2D eigenvalue weighted by Crippen LogP contribution is 2.24. The zero-order chi connectivity index (χ0) is 11.4. The van der Waals surface area contributed by atoms with Gasteiger partial charge in [0.25, 0.3) is 0 Å². The van der Waals surface area contributed by atoms with E-state index < -0.39 is 11.7 Å². The van der Waals surface area contributed by atoms with Gasteiger partial charge in [-0.05, 0) is 24.6 Å². The molecule has 0 radical (unpaired) electrons. The topological polar surface area (TPSA) is 35.5 Å². The van der Waals surface area contributed by atoms with Gasteiger partial charge in [0.05, 0.1) is 20.1 Å². The summed E-state index contributed by atoms with van der Waals surface area (Å²) >= 11 is 0. The molecular formula is C11H13FO3. The van der Waals surface area contributed by atoms with Crippen LogP contribution in [-0.4, -0.2) is 20.2 Å². The number of carbonyl (C=O) groups excluding carboxylic acids is 1. The molecule has 0 aliphatic rings. The SMILES string of the molecule is COC(=O)C(C)c1ccc(F)c(OC)c1. The number of hydrogen-bond donors (Lipinski definition) is 0. The molecule has 82 valence electrons. The molecule has 1 aromatic rings. The van der Waals surface area contributed by atoms with Crippen LogP contribution in [0, 0.1) is 5.82 Å². The molecule has 0 N–H and O–H groups in total. The second kappa shape index (κ2) is 4.77. The minimum Gasteiger partial charge on any atom is -0.494 e. The molecule has 0 aliphatic heterocycles. The summed E-state index contributed by atoms with van der Waals surface area (Å²) in [7, 11) is 2.70. The molecule has 3 nitrogen and oxygen atoms in total. The van der Waals surface area contributed by atoms with Crippen LogP contribution in [0.4, 0.5) is 4.39 Å². The highest BCUT2D eigenvalue weighted by Gasteiger charge is 2.17. The number of benzene rings is 1. The fourth-order valence-electron chi connectivity index (χ4n) is 1.26. The lowest BCUT2D eigenvalue weighted by molar-refractivity contribution is -0.141. The van der Waals surface area contributed by atoms with E-state index in [1.165, 1.54) is 26.4 Å². The van der Waals surface area contributed by atoms with Crippen molar-refractivity contribution in [1.82, 2.24) is 0 Å². The van der Waals surface area contributed by atoms with E-state index in [9.17, 15) is 9.18 Å². The van der Waals surface area contributed by atoms with Crippen LogP contribution in [0.15, 0.2) is 18.2 Å². The molecule has 1 aromatic carbocycles. The van der Waals surface area contributed by atoms with Crippen LogP contribution >= 0.6 is 0 Å². The van der Waals surface area contributed by atoms with E-state index in [-0.39, 0.29) is 11.7 Å². The predicted molar refractivity (Wildman–Crippen MR) is 53.4 cm³/mol. The molecule has 0 amide bonds. The molecular weight excluding hydrogens is 199 g/mol. The fourth-order valence-corrected chi connectivity index (χ4v) is 1.26. The van der Waals surface area contributed by atoms with Crippen molar-refractivity contribution in [3.8, 4) is 5.75 Å². The molecule has 0 saturated heterocycles. The van der Waals surface area contributed by atoms with Gasteiger partial charge in [0.2, 0.25) is 0 Å². The minimum absolute atomic E-state index is 0.128. The second-order valence-corrected chi connectivity index (χ2v) is 3.14. The van der Waals surface area contributed by atoms with Crippen molar-refractivity contribution >= 4 is 5.97 Å². The Morgan fingerprint density at radius 2 is 2.07 bits per heavy atom. The summed E-state index contributed by atoms with van der Waals surface area (Å²) < 4.78 is 22.5. The molecule has 0 aromatic heterocycles. The number of halogens is 1. The monoisotopic (exact) mass is 212 g/mol. The summed E-state index contributed by atoms with van der Waals surface area (Å²) in [5, 5.41) is 0. The Morgan fingerprint density at radius 1 is 1.40 bits per heavy atom. The Balaban J connectivity index is 3.00. The van der Waals surface area contributed by atoms with Crippen molar-refractivity contribution in [3.05, 3.63) is 29.6 Å². The van der Waals surface area contributed by atoms with Gasteiger partial charge in [0.15, 0.2) is 11.6 Å². The van der Waals surface area contributed by atoms with Crippen LogP contribution < -0.4 is 4.74 Å². The van der Waals surface area contributed by atoms with Crippen molar-refractivity contribution in [2.45, 2.75) is 12.8 Å². The molecule has 4 heteroatoms. The maximum atomic E-state index is 13.1. The number of hydrogen-bond acceptors (Lipinski definition) is 3. The van der Waals surface area contributed by atoms with Gasteiger partial charge in [-0.1, -0.05) is 6.07 Å². The third-order valence-electron chi connectivity index (χ3n) is 2.23. The molecule has 1 atom stereocenters. The fraction of sp³-hybridized carbons (Fsp3) is 0.364. The molecule has 1 rings (SSSR count). The summed E-state index contributed by atoms with van der Waals surface area (Å²) in [6.45, 7) is 1.69. The third kappa shape index (κ3) is 2.46. The van der Waals surface area contributed by atoms with Gasteiger partial charge in [-0.2, -0.15) is 0 Å². The van der Waals surface area contributed by atoms with Gasteiger partial charge in [0, 0.05) is 0 Å². The van der Waals surface area contributed by atoms with E-state index in [2.05, 4.69) is 4.74 Å². The van der Waals surface area contributed by atoms with E-state index in [1.807, 2.05) is 0 Å². The Morgan fingerprint density at radius 3 is 2.60 bits per heavy atom. The van der Waals surface area contributed by atoms with Crippen LogP contribution in [0.3, 0.4) is 0 Å². The smallest absolute Gasteiger partial charge is 0.312 e. The average molecular weight is 212 g/mol. The Hall–Kier alpha value is -1.58. The highest BCUT2D eigenvalue weighted by molar-refractivity contribution is 5.77. The summed E-state index contributed by atoms with van der Waals surface area (Å²) in [6, 6.07) is 4.31. The van der Waals surface area contributed by atoms with E-state index in [4.69, 9.17) is 4.74 Å². The molecule has 15 heavy (non-hydrogen) atoms. The summed E-state index contributed by atoms with van der Waals surface area (Å²) in [6.07, 6.45) is 0. The second-order valence-electron chi connectivity index (χ2n) is 3.14. The number of rotatable bonds is 3. The average Bonchev–Trinajstić information content (AvgIpc) is 2.27. The van der Waals surface area contributed by atoms with Crippen molar-refractivity contribution in [2.24, 2.45) is 0 Å². The summed E-state index contributed by atoms with van der Waals surface area (Å²) in [4.78, 5) is 11.2. The van der Waals surface area contributed by atoms with Crippen molar-refractivity contribution in [1.29, 1.82) is 0 Å². The quantitative estimate of drug-likeness (QED) is 0.720. The lowest BCUT2D eigenvalue weighted by Crippen LogP contribution is -2.10. The van der Waals surface area contributed by atoms with E-state index >= 15 is 0 Å². The van der Waals surface area contributed by atoms with Gasteiger partial charge in [-0.3, -0.25) is 4.79 Å². The minimum atomic E-state index is -0.446. The lowest BCUT2D eigenvalue weighted by Gasteiger charge is -2.11. The molecule has 0 fully saturated rings. The van der Waals surface area contributed by atoms with Crippen molar-refractivity contribution in [2.75, 3.05) is 14.2 Å². The molecule has 1 unspecified atom stereocenters. The van der Waals surface area contributed by atoms with Gasteiger partial charge >= 0.3 is 5.97 Å². The largest absolute Gasteiger partial charge is 0.494 e. The highest BCUT2D eigenvalue weighted by atomic mass is 19.1. The zero-order valence-electron chi connectivity index (χ0n) is 8.91. The maximum Gasteiger partial charge on any atom is 0.312 e. The first kappa shape index (κ1) is 11.5. The molecule has 0 saturated carbocycles. The van der Waals surface area contributed by atoms with E-state index in [0.29, 0.717) is 5.56 Å². The predicted octanol–water partition coefficient (Wildman–Crippen LogP) is 2.11. The number of esters is 1. The van der Waals surface area contributed by atoms with Gasteiger partial charge in [0.1, 0.15) is 0 Å². The molecule has 0 spiro atoms. The van der Waals surface area contributed by atoms with Crippen LogP contribution in [-0.2, 0) is 9.53 Å². The van der Waals surface area contributed by atoms with Crippen LogP contribution in [0.2, 0.25) is 0 Å². The first-order valence-electron chi connectivity index (χ1n) is 4.51. The Bertz CT molecular complexity index is 363. The van der Waals surface area contributed by atoms with Gasteiger partial charge < -0.3 is 9.47 Å². The van der Waals surface area contributed by atoms with Crippen LogP contribution in [0.1, 0.15) is 18.4 Å². The summed E-state index contributed by atoms with van der Waals surface area (Å²) in [5.74, 6) is -1.10.